The quantitative estimate of drug-likeness (QED) is 0.918. The van der Waals surface area contributed by atoms with Crippen LogP contribution in [0.3, 0.4) is 0 Å². The highest BCUT2D eigenvalue weighted by Gasteiger charge is 2.37. The van der Waals surface area contributed by atoms with Crippen LogP contribution in [-0.2, 0) is 14.3 Å². The molecule has 2 amide bonds. The highest BCUT2D eigenvalue weighted by atomic mass is 35.5. The minimum absolute atomic E-state index is 0.0152. The molecule has 1 aromatic rings. The van der Waals surface area contributed by atoms with E-state index in [0.29, 0.717) is 30.3 Å². The van der Waals surface area contributed by atoms with Crippen molar-refractivity contribution in [2.75, 3.05) is 24.7 Å². The van der Waals surface area contributed by atoms with Crippen molar-refractivity contribution in [3.05, 3.63) is 29.3 Å². The number of carbonyl (C=O) groups is 2. The van der Waals surface area contributed by atoms with Gasteiger partial charge in [-0.1, -0.05) is 11.6 Å². The summed E-state index contributed by atoms with van der Waals surface area (Å²) in [6.07, 6.45) is 2.91. The van der Waals surface area contributed by atoms with Crippen LogP contribution in [0.15, 0.2) is 24.3 Å². The van der Waals surface area contributed by atoms with E-state index >= 15 is 0 Å². The van der Waals surface area contributed by atoms with Gasteiger partial charge in [-0.05, 0) is 49.4 Å². The summed E-state index contributed by atoms with van der Waals surface area (Å²) in [7, 11) is 0. The molecule has 6 heteroatoms. The molecule has 3 rings (SSSR count). The molecule has 0 aliphatic carbocycles. The summed E-state index contributed by atoms with van der Waals surface area (Å²) in [6.45, 7) is 2.18. The Morgan fingerprint density at radius 3 is 2.61 bits per heavy atom. The van der Waals surface area contributed by atoms with Crippen LogP contribution in [0.5, 0.6) is 0 Å². The Bertz CT molecular complexity index is 570. The molecule has 2 fully saturated rings. The van der Waals surface area contributed by atoms with Gasteiger partial charge in [0.05, 0.1) is 0 Å². The van der Waals surface area contributed by atoms with E-state index in [4.69, 9.17) is 16.3 Å². The van der Waals surface area contributed by atoms with Crippen LogP contribution in [0.2, 0.25) is 5.02 Å². The minimum Gasteiger partial charge on any atom is -0.381 e. The van der Waals surface area contributed by atoms with E-state index in [0.717, 1.165) is 31.7 Å². The van der Waals surface area contributed by atoms with Gasteiger partial charge in [-0.25, -0.2) is 0 Å². The number of amides is 2. The number of benzene rings is 1. The van der Waals surface area contributed by atoms with Crippen molar-refractivity contribution in [3.8, 4) is 0 Å². The lowest BCUT2D eigenvalue weighted by Crippen LogP contribution is -2.46. The molecule has 5 nitrogen and oxygen atoms in total. The van der Waals surface area contributed by atoms with Gasteiger partial charge in [0.15, 0.2) is 0 Å². The molecule has 2 aliphatic rings. The summed E-state index contributed by atoms with van der Waals surface area (Å²) in [6, 6.07) is 6.61. The summed E-state index contributed by atoms with van der Waals surface area (Å²) < 4.78 is 5.33. The number of ether oxygens (including phenoxy) is 1. The average molecular weight is 337 g/mol. The Morgan fingerprint density at radius 1 is 1.22 bits per heavy atom. The van der Waals surface area contributed by atoms with E-state index in [-0.39, 0.29) is 11.8 Å². The van der Waals surface area contributed by atoms with Gasteiger partial charge in [0, 0.05) is 36.9 Å². The molecule has 0 bridgehead atoms. The summed E-state index contributed by atoms with van der Waals surface area (Å²) in [5.41, 5.74) is 0.725. The number of hydrogen-bond acceptors (Lipinski definition) is 3. The van der Waals surface area contributed by atoms with E-state index in [2.05, 4.69) is 5.32 Å². The maximum atomic E-state index is 12.5. The molecular weight excluding hydrogens is 316 g/mol. The van der Waals surface area contributed by atoms with Gasteiger partial charge in [0.25, 0.3) is 0 Å². The molecule has 2 heterocycles. The van der Waals surface area contributed by atoms with E-state index in [1.807, 2.05) is 0 Å². The summed E-state index contributed by atoms with van der Waals surface area (Å²) in [5.74, 6) is 0.379. The predicted octanol–water partition coefficient (Wildman–Crippen LogP) is 2.38. The monoisotopic (exact) mass is 336 g/mol. The van der Waals surface area contributed by atoms with E-state index in [1.54, 1.807) is 29.2 Å². The fourth-order valence-corrected chi connectivity index (χ4v) is 3.30. The Labute approximate surface area is 140 Å². The standard InChI is InChI=1S/C17H21ClN2O3/c18-13-1-3-14(4-2-13)20-15(5-6-16(20)21)17(22)19-11-12-7-9-23-10-8-12/h1-4,12,15H,5-11H2,(H,19,22). The van der Waals surface area contributed by atoms with Crippen molar-refractivity contribution in [1.29, 1.82) is 0 Å². The van der Waals surface area contributed by atoms with Crippen LogP contribution in [0.4, 0.5) is 5.69 Å². The molecule has 0 aromatic heterocycles. The lowest BCUT2D eigenvalue weighted by Gasteiger charge is -2.26. The van der Waals surface area contributed by atoms with E-state index in [1.165, 1.54) is 0 Å². The van der Waals surface area contributed by atoms with Crippen LogP contribution in [-0.4, -0.2) is 37.6 Å². The number of nitrogens with one attached hydrogen (secondary N) is 1. The molecule has 1 aromatic carbocycles. The molecule has 2 saturated heterocycles. The summed E-state index contributed by atoms with van der Waals surface area (Å²) >= 11 is 5.90. The highest BCUT2D eigenvalue weighted by Crippen LogP contribution is 2.28. The lowest BCUT2D eigenvalue weighted by molar-refractivity contribution is -0.124. The Hall–Kier alpha value is -1.59. The molecule has 1 atom stereocenters. The molecule has 23 heavy (non-hydrogen) atoms. The smallest absolute Gasteiger partial charge is 0.243 e. The molecule has 1 N–H and O–H groups in total. The molecular formula is C17H21ClN2O3. The van der Waals surface area contributed by atoms with Crippen molar-refractivity contribution in [2.24, 2.45) is 5.92 Å². The molecule has 0 radical (unpaired) electrons. The second-order valence-electron chi connectivity index (χ2n) is 6.10. The molecule has 124 valence electrons. The third-order valence-corrected chi connectivity index (χ3v) is 4.78. The lowest BCUT2D eigenvalue weighted by atomic mass is 10.0. The minimum atomic E-state index is -0.427. The maximum absolute atomic E-state index is 12.5. The molecule has 2 aliphatic heterocycles. The zero-order chi connectivity index (χ0) is 16.2. The first-order valence-electron chi connectivity index (χ1n) is 8.08. The normalized spacial score (nSPS) is 22.4. The van der Waals surface area contributed by atoms with Gasteiger partial charge in [-0.15, -0.1) is 0 Å². The number of carbonyl (C=O) groups excluding carboxylic acids is 2. The Kier molecular flexibility index (Phi) is 5.18. The summed E-state index contributed by atoms with van der Waals surface area (Å²) in [5, 5.41) is 3.62. The first-order chi connectivity index (χ1) is 11.1. The number of nitrogens with zero attached hydrogens (tertiary/aromatic N) is 1. The SMILES string of the molecule is O=C(NCC1CCOCC1)C1CCC(=O)N1c1ccc(Cl)cc1. The van der Waals surface area contributed by atoms with Crippen molar-refractivity contribution < 1.29 is 14.3 Å². The topological polar surface area (TPSA) is 58.6 Å². The number of hydrogen-bond donors (Lipinski definition) is 1. The first-order valence-corrected chi connectivity index (χ1v) is 8.46. The summed E-state index contributed by atoms with van der Waals surface area (Å²) in [4.78, 5) is 26.3. The first kappa shape index (κ1) is 16.3. The van der Waals surface area contributed by atoms with Crippen LogP contribution in [0.1, 0.15) is 25.7 Å². The van der Waals surface area contributed by atoms with Crippen molar-refractivity contribution in [3.63, 3.8) is 0 Å². The zero-order valence-electron chi connectivity index (χ0n) is 13.0. The zero-order valence-corrected chi connectivity index (χ0v) is 13.7. The molecule has 0 saturated carbocycles. The predicted molar refractivity (Wildman–Crippen MR) is 88.5 cm³/mol. The number of anilines is 1. The third-order valence-electron chi connectivity index (χ3n) is 4.53. The third kappa shape index (κ3) is 3.85. The Balaban J connectivity index is 1.63. The fourth-order valence-electron chi connectivity index (χ4n) is 3.17. The van der Waals surface area contributed by atoms with Crippen molar-refractivity contribution in [2.45, 2.75) is 31.7 Å². The fraction of sp³-hybridized carbons (Fsp3) is 0.529. The average Bonchev–Trinajstić information content (AvgIpc) is 2.96. The van der Waals surface area contributed by atoms with Crippen LogP contribution in [0, 0.1) is 5.92 Å². The second kappa shape index (κ2) is 7.32. The van der Waals surface area contributed by atoms with E-state index in [9.17, 15) is 9.59 Å². The van der Waals surface area contributed by atoms with Gasteiger partial charge in [0.1, 0.15) is 6.04 Å². The van der Waals surface area contributed by atoms with Gasteiger partial charge in [-0.2, -0.15) is 0 Å². The van der Waals surface area contributed by atoms with Crippen LogP contribution < -0.4 is 10.2 Å². The number of halogens is 1. The van der Waals surface area contributed by atoms with Crippen LogP contribution in [0.25, 0.3) is 0 Å². The van der Waals surface area contributed by atoms with Gasteiger partial charge < -0.3 is 10.1 Å². The second-order valence-corrected chi connectivity index (χ2v) is 6.53. The van der Waals surface area contributed by atoms with Gasteiger partial charge in [0.2, 0.25) is 11.8 Å². The van der Waals surface area contributed by atoms with Crippen LogP contribution >= 0.6 is 11.6 Å². The van der Waals surface area contributed by atoms with Crippen molar-refractivity contribution in [1.82, 2.24) is 5.32 Å². The molecule has 0 spiro atoms. The Morgan fingerprint density at radius 2 is 1.91 bits per heavy atom. The van der Waals surface area contributed by atoms with Gasteiger partial charge >= 0.3 is 0 Å². The largest absolute Gasteiger partial charge is 0.381 e. The van der Waals surface area contributed by atoms with Gasteiger partial charge in [-0.3, -0.25) is 14.5 Å². The maximum Gasteiger partial charge on any atom is 0.243 e. The van der Waals surface area contributed by atoms with E-state index < -0.39 is 6.04 Å². The highest BCUT2D eigenvalue weighted by molar-refractivity contribution is 6.30. The molecule has 1 unspecified atom stereocenters. The number of rotatable bonds is 4. The van der Waals surface area contributed by atoms with Crippen molar-refractivity contribution >= 4 is 29.1 Å².